The molecule has 0 bridgehead atoms. The van der Waals surface area contributed by atoms with Crippen molar-refractivity contribution in [2.75, 3.05) is 6.54 Å². The summed E-state index contributed by atoms with van der Waals surface area (Å²) in [5, 5.41) is 17.4. The molecule has 2 aromatic heterocycles. The summed E-state index contributed by atoms with van der Waals surface area (Å²) in [6, 6.07) is 5.55. The number of nitrogens with zero attached hydrogens (tertiary/aromatic N) is 5. The summed E-state index contributed by atoms with van der Waals surface area (Å²) in [6.45, 7) is 4.00. The van der Waals surface area contributed by atoms with Gasteiger partial charge in [0.1, 0.15) is 5.69 Å². The van der Waals surface area contributed by atoms with Crippen molar-refractivity contribution < 1.29 is 9.90 Å². The van der Waals surface area contributed by atoms with Gasteiger partial charge in [0, 0.05) is 17.5 Å². The Morgan fingerprint density at radius 1 is 1.32 bits per heavy atom. The predicted octanol–water partition coefficient (Wildman–Crippen LogP) is 2.33. The Hall–Kier alpha value is -2.96. The molecule has 7 nitrogen and oxygen atoms in total. The molecule has 3 heterocycles. The van der Waals surface area contributed by atoms with Crippen LogP contribution >= 0.6 is 0 Å². The largest absolute Gasteiger partial charge is 0.465 e. The lowest BCUT2D eigenvalue weighted by atomic mass is 10.0. The number of carbonyl (C=O) groups is 1. The monoisotopic (exact) mass is 297 g/mol. The molecule has 2 aromatic rings. The lowest BCUT2D eigenvalue weighted by molar-refractivity contribution is 0.161. The molecule has 0 spiro atoms. The van der Waals surface area contributed by atoms with Crippen LogP contribution in [-0.4, -0.2) is 42.6 Å². The maximum Gasteiger partial charge on any atom is 0.411 e. The van der Waals surface area contributed by atoms with Gasteiger partial charge in [0.05, 0.1) is 12.7 Å². The first-order valence-corrected chi connectivity index (χ1v) is 6.79. The first kappa shape index (κ1) is 14.0. The molecule has 3 rings (SSSR count). The minimum Gasteiger partial charge on any atom is -0.465 e. The van der Waals surface area contributed by atoms with Gasteiger partial charge in [-0.2, -0.15) is 0 Å². The van der Waals surface area contributed by atoms with Gasteiger partial charge in [0.15, 0.2) is 5.82 Å². The molecule has 0 fully saturated rings. The van der Waals surface area contributed by atoms with Crippen molar-refractivity contribution in [1.29, 1.82) is 0 Å². The number of hydrogen-bond acceptors (Lipinski definition) is 4. The molecule has 0 atom stereocenters. The third-order valence-corrected chi connectivity index (χ3v) is 3.52. The average Bonchev–Trinajstić information content (AvgIpc) is 2.99. The highest BCUT2D eigenvalue weighted by Gasteiger charge is 2.22. The second-order valence-electron chi connectivity index (χ2n) is 5.08. The average molecular weight is 297 g/mol. The molecule has 1 N–H and O–H groups in total. The highest BCUT2D eigenvalue weighted by molar-refractivity contribution is 5.79. The quantitative estimate of drug-likeness (QED) is 0.919. The van der Waals surface area contributed by atoms with Gasteiger partial charge in [-0.1, -0.05) is 11.3 Å². The number of pyridine rings is 1. The third kappa shape index (κ3) is 2.48. The van der Waals surface area contributed by atoms with E-state index in [0.29, 0.717) is 23.8 Å². The fourth-order valence-electron chi connectivity index (χ4n) is 2.36. The van der Waals surface area contributed by atoms with Gasteiger partial charge < -0.3 is 5.11 Å². The maximum absolute atomic E-state index is 11.2. The van der Waals surface area contributed by atoms with Crippen molar-refractivity contribution in [1.82, 2.24) is 24.9 Å². The number of allylic oxidation sites excluding steroid dienone is 3. The zero-order chi connectivity index (χ0) is 15.7. The van der Waals surface area contributed by atoms with E-state index in [-0.39, 0.29) is 0 Å². The third-order valence-electron chi connectivity index (χ3n) is 3.52. The van der Waals surface area contributed by atoms with Gasteiger partial charge >= 0.3 is 6.09 Å². The van der Waals surface area contributed by atoms with Gasteiger partial charge in [-0.15, -0.1) is 5.10 Å². The van der Waals surface area contributed by atoms with Crippen LogP contribution in [0.25, 0.3) is 11.4 Å². The van der Waals surface area contributed by atoms with Crippen LogP contribution in [-0.2, 0) is 0 Å². The zero-order valence-corrected chi connectivity index (χ0v) is 12.3. The second-order valence-corrected chi connectivity index (χ2v) is 5.08. The summed E-state index contributed by atoms with van der Waals surface area (Å²) in [5.74, 6) is 0.683. The smallest absolute Gasteiger partial charge is 0.411 e. The molecule has 0 aliphatic carbocycles. The van der Waals surface area contributed by atoms with Crippen LogP contribution in [0, 0.1) is 0 Å². The Bertz CT molecular complexity index is 776. The van der Waals surface area contributed by atoms with E-state index in [0.717, 1.165) is 11.1 Å². The van der Waals surface area contributed by atoms with Crippen LogP contribution in [0.1, 0.15) is 19.5 Å². The van der Waals surface area contributed by atoms with Crippen molar-refractivity contribution in [2.45, 2.75) is 13.8 Å². The van der Waals surface area contributed by atoms with Crippen LogP contribution in [0.3, 0.4) is 0 Å². The van der Waals surface area contributed by atoms with Gasteiger partial charge in [-0.3, -0.25) is 4.90 Å². The predicted molar refractivity (Wildman–Crippen MR) is 80.2 cm³/mol. The van der Waals surface area contributed by atoms with Crippen molar-refractivity contribution in [3.8, 4) is 5.82 Å². The first-order chi connectivity index (χ1) is 10.6. The molecule has 1 aliphatic rings. The van der Waals surface area contributed by atoms with Crippen LogP contribution in [0.2, 0.25) is 0 Å². The molecular formula is C15H15N5O2. The molecule has 0 saturated carbocycles. The second kappa shape index (κ2) is 5.44. The van der Waals surface area contributed by atoms with Gasteiger partial charge in [0.25, 0.3) is 0 Å². The van der Waals surface area contributed by atoms with Crippen molar-refractivity contribution >= 4 is 11.7 Å². The summed E-state index contributed by atoms with van der Waals surface area (Å²) in [6.07, 6.45) is 4.35. The van der Waals surface area contributed by atoms with E-state index in [9.17, 15) is 4.79 Å². The highest BCUT2D eigenvalue weighted by atomic mass is 16.4. The Balaban J connectivity index is 1.94. The lowest BCUT2D eigenvalue weighted by Crippen LogP contribution is -2.31. The summed E-state index contributed by atoms with van der Waals surface area (Å²) in [4.78, 5) is 16.7. The van der Waals surface area contributed by atoms with Crippen LogP contribution in [0.4, 0.5) is 4.79 Å². The topological polar surface area (TPSA) is 84.1 Å². The summed E-state index contributed by atoms with van der Waals surface area (Å²) >= 11 is 0. The number of rotatable bonds is 2. The number of amides is 1. The minimum atomic E-state index is -0.954. The molecule has 22 heavy (non-hydrogen) atoms. The molecule has 0 unspecified atom stereocenters. The van der Waals surface area contributed by atoms with E-state index in [1.165, 1.54) is 4.90 Å². The first-order valence-electron chi connectivity index (χ1n) is 6.79. The highest BCUT2D eigenvalue weighted by Crippen LogP contribution is 2.27. The normalized spacial score (nSPS) is 15.0. The van der Waals surface area contributed by atoms with Gasteiger partial charge in [-0.25, -0.2) is 14.5 Å². The van der Waals surface area contributed by atoms with E-state index >= 15 is 0 Å². The lowest BCUT2D eigenvalue weighted by Gasteiger charge is -2.25. The van der Waals surface area contributed by atoms with Gasteiger partial charge in [0.2, 0.25) is 0 Å². The Morgan fingerprint density at radius 3 is 2.82 bits per heavy atom. The molecule has 0 radical (unpaired) electrons. The van der Waals surface area contributed by atoms with Gasteiger partial charge in [-0.05, 0) is 37.6 Å². The molecule has 0 saturated heterocycles. The van der Waals surface area contributed by atoms with E-state index in [1.54, 1.807) is 24.0 Å². The number of carboxylic acid groups (broad SMARTS) is 1. The van der Waals surface area contributed by atoms with Crippen LogP contribution in [0.15, 0.2) is 47.9 Å². The molecule has 0 aromatic carbocycles. The van der Waals surface area contributed by atoms with Crippen LogP contribution in [0.5, 0.6) is 0 Å². The summed E-state index contributed by atoms with van der Waals surface area (Å²) in [7, 11) is 0. The summed E-state index contributed by atoms with van der Waals surface area (Å²) < 4.78 is 1.60. The fraction of sp³-hybridized carbons (Fsp3) is 0.200. The molecule has 1 amide bonds. The van der Waals surface area contributed by atoms with E-state index in [4.69, 9.17) is 5.11 Å². The Labute approximate surface area is 127 Å². The van der Waals surface area contributed by atoms with Crippen LogP contribution < -0.4 is 0 Å². The maximum atomic E-state index is 11.2. The zero-order valence-electron chi connectivity index (χ0n) is 12.3. The Morgan fingerprint density at radius 2 is 2.14 bits per heavy atom. The standard InChI is InChI=1S/C15H15N5O2/c1-10-8-19(15(21)22)11(2)7-12(10)13-9-20(18-17-13)14-5-3-4-6-16-14/h3-7,9H,8H2,1-2H3,(H,21,22). The molecule has 1 aliphatic heterocycles. The molecular weight excluding hydrogens is 282 g/mol. The number of aromatic nitrogens is 4. The van der Waals surface area contributed by atoms with E-state index < -0.39 is 6.09 Å². The van der Waals surface area contributed by atoms with Crippen molar-refractivity contribution in [3.63, 3.8) is 0 Å². The van der Waals surface area contributed by atoms with E-state index in [2.05, 4.69) is 15.3 Å². The number of hydrogen-bond donors (Lipinski definition) is 1. The van der Waals surface area contributed by atoms with E-state index in [1.807, 2.05) is 31.2 Å². The summed E-state index contributed by atoms with van der Waals surface area (Å²) in [5.41, 5.74) is 3.20. The molecule has 7 heteroatoms. The SMILES string of the molecule is CC1=CC(c2cn(-c3ccccn3)nn2)=C(C)CN1C(=O)O. The molecule has 112 valence electrons. The minimum absolute atomic E-state index is 0.337. The Kier molecular flexibility index (Phi) is 3.46. The van der Waals surface area contributed by atoms with Crippen molar-refractivity contribution in [2.24, 2.45) is 0 Å². The van der Waals surface area contributed by atoms with Crippen molar-refractivity contribution in [3.05, 3.63) is 53.6 Å². The fourth-order valence-corrected chi connectivity index (χ4v) is 2.36.